The number of ether oxygens (including phenoxy) is 3. The van der Waals surface area contributed by atoms with E-state index in [1.165, 1.54) is 19.2 Å². The van der Waals surface area contributed by atoms with Gasteiger partial charge in [-0.2, -0.15) is 0 Å². The topological polar surface area (TPSA) is 115 Å². The third kappa shape index (κ3) is 8.72. The molecule has 0 bridgehead atoms. The van der Waals surface area contributed by atoms with E-state index in [0.29, 0.717) is 31.2 Å². The van der Waals surface area contributed by atoms with Gasteiger partial charge in [0.15, 0.2) is 0 Å². The first-order chi connectivity index (χ1) is 17.4. The molecule has 1 aromatic rings. The third-order valence-electron chi connectivity index (χ3n) is 6.29. The van der Waals surface area contributed by atoms with Crippen LogP contribution in [0.15, 0.2) is 30.4 Å². The third-order valence-corrected chi connectivity index (χ3v) is 6.29. The Bertz CT molecular complexity index is 877. The molecule has 1 saturated heterocycles. The largest absolute Gasteiger partial charge is 0.453 e. The number of halogens is 2. The Hall–Kier alpha value is -2.76. The van der Waals surface area contributed by atoms with Crippen molar-refractivity contribution in [3.63, 3.8) is 0 Å². The second-order valence-corrected chi connectivity index (χ2v) is 9.17. The molecule has 0 aliphatic carbocycles. The number of hydrogen-bond acceptors (Lipinski definition) is 6. The predicted molar refractivity (Wildman–Crippen MR) is 129 cm³/mol. The fourth-order valence-corrected chi connectivity index (χ4v) is 4.57. The molecule has 0 aromatic heterocycles. The van der Waals surface area contributed by atoms with Crippen molar-refractivity contribution in [3.05, 3.63) is 47.5 Å². The zero-order valence-electron chi connectivity index (χ0n) is 20.6. The van der Waals surface area contributed by atoms with Gasteiger partial charge in [-0.1, -0.05) is 12.2 Å². The molecule has 1 aromatic carbocycles. The number of amides is 3. The number of alkyl carbamates (subject to hydrolysis) is 1. The van der Waals surface area contributed by atoms with Gasteiger partial charge in [-0.3, -0.25) is 0 Å². The van der Waals surface area contributed by atoms with E-state index in [1.54, 1.807) is 4.90 Å². The monoisotopic (exact) mass is 510 g/mol. The van der Waals surface area contributed by atoms with Gasteiger partial charge >= 0.3 is 12.1 Å². The minimum absolute atomic E-state index is 0.0775. The maximum atomic E-state index is 14.0. The number of urea groups is 1. The molecule has 0 unspecified atom stereocenters. The summed E-state index contributed by atoms with van der Waals surface area (Å²) in [5.41, 5.74) is 6.53. The van der Waals surface area contributed by atoms with Crippen LogP contribution >= 0.6 is 0 Å². The molecule has 2 aliphatic heterocycles. The molecule has 11 heteroatoms. The highest BCUT2D eigenvalue weighted by atomic mass is 19.1. The summed E-state index contributed by atoms with van der Waals surface area (Å²) in [6.07, 6.45) is 5.24. The summed E-state index contributed by atoms with van der Waals surface area (Å²) in [5, 5.41) is 5.40. The van der Waals surface area contributed by atoms with Crippen LogP contribution in [0, 0.1) is 23.5 Å². The predicted octanol–water partition coefficient (Wildman–Crippen LogP) is 2.72. The van der Waals surface area contributed by atoms with Gasteiger partial charge in [-0.25, -0.2) is 18.4 Å². The van der Waals surface area contributed by atoms with Crippen LogP contribution in [-0.4, -0.2) is 76.2 Å². The van der Waals surface area contributed by atoms with Crippen molar-refractivity contribution in [1.29, 1.82) is 0 Å². The number of hydrogen-bond donors (Lipinski definition) is 3. The normalized spacial score (nSPS) is 21.5. The summed E-state index contributed by atoms with van der Waals surface area (Å²) < 4.78 is 43.9. The first-order valence-electron chi connectivity index (χ1n) is 12.3. The Morgan fingerprint density at radius 3 is 2.72 bits per heavy atom. The van der Waals surface area contributed by atoms with E-state index in [2.05, 4.69) is 15.4 Å². The average molecular weight is 511 g/mol. The van der Waals surface area contributed by atoms with Gasteiger partial charge in [0, 0.05) is 57.4 Å². The lowest BCUT2D eigenvalue weighted by Gasteiger charge is -2.34. The molecule has 0 spiro atoms. The van der Waals surface area contributed by atoms with Crippen molar-refractivity contribution < 1.29 is 32.6 Å². The van der Waals surface area contributed by atoms with Gasteiger partial charge in [0.1, 0.15) is 11.6 Å². The zero-order chi connectivity index (χ0) is 25.9. The Morgan fingerprint density at radius 1 is 1.25 bits per heavy atom. The number of nitrogens with two attached hydrogens (primary N) is 1. The fraction of sp³-hybridized carbons (Fsp3) is 0.600. The SMILES string of the molecule is COC(=O)NCCO[C@@H](c1cc(F)cc(F)c1)[C@@H]1C=CCN(C(=O)NC[C@@H](N)C[C@H]2CCCOC2)C1. The molecule has 4 atom stereocenters. The van der Waals surface area contributed by atoms with Crippen molar-refractivity contribution in [2.24, 2.45) is 17.6 Å². The van der Waals surface area contributed by atoms with E-state index >= 15 is 0 Å². The summed E-state index contributed by atoms with van der Waals surface area (Å²) in [6.45, 7) is 2.73. The summed E-state index contributed by atoms with van der Waals surface area (Å²) in [6, 6.07) is 2.77. The first-order valence-corrected chi connectivity index (χ1v) is 12.3. The number of carbonyl (C=O) groups excluding carboxylic acids is 2. The van der Waals surface area contributed by atoms with Crippen molar-refractivity contribution in [2.45, 2.75) is 31.4 Å². The number of carbonyl (C=O) groups is 2. The highest BCUT2D eigenvalue weighted by Crippen LogP contribution is 2.31. The van der Waals surface area contributed by atoms with Gasteiger partial charge in [0.2, 0.25) is 0 Å². The molecule has 3 rings (SSSR count). The molecule has 36 heavy (non-hydrogen) atoms. The minimum Gasteiger partial charge on any atom is -0.453 e. The summed E-state index contributed by atoms with van der Waals surface area (Å²) >= 11 is 0. The van der Waals surface area contributed by atoms with Crippen LogP contribution in [0.25, 0.3) is 0 Å². The molecule has 4 N–H and O–H groups in total. The number of benzene rings is 1. The quantitative estimate of drug-likeness (QED) is 0.329. The van der Waals surface area contributed by atoms with Crippen molar-refractivity contribution in [1.82, 2.24) is 15.5 Å². The molecule has 0 saturated carbocycles. The van der Waals surface area contributed by atoms with Crippen LogP contribution in [-0.2, 0) is 14.2 Å². The van der Waals surface area contributed by atoms with E-state index in [-0.39, 0.29) is 37.7 Å². The van der Waals surface area contributed by atoms with Crippen LogP contribution in [0.3, 0.4) is 0 Å². The number of rotatable bonds is 10. The highest BCUT2D eigenvalue weighted by molar-refractivity contribution is 5.74. The van der Waals surface area contributed by atoms with Crippen LogP contribution < -0.4 is 16.4 Å². The molecule has 1 fully saturated rings. The van der Waals surface area contributed by atoms with Crippen LogP contribution in [0.5, 0.6) is 0 Å². The lowest BCUT2D eigenvalue weighted by atomic mass is 9.92. The van der Waals surface area contributed by atoms with Gasteiger partial charge in [0.25, 0.3) is 0 Å². The number of methoxy groups -OCH3 is 1. The van der Waals surface area contributed by atoms with Crippen LogP contribution in [0.2, 0.25) is 0 Å². The number of nitrogens with one attached hydrogen (secondary N) is 2. The van der Waals surface area contributed by atoms with Crippen LogP contribution in [0.4, 0.5) is 18.4 Å². The molecule has 9 nitrogen and oxygen atoms in total. The molecule has 2 heterocycles. The Labute approximate surface area is 210 Å². The Balaban J connectivity index is 1.58. The number of nitrogens with zero attached hydrogens (tertiary/aromatic N) is 1. The Kier molecular flexibility index (Phi) is 10.9. The minimum atomic E-state index is -0.741. The second-order valence-electron chi connectivity index (χ2n) is 9.17. The van der Waals surface area contributed by atoms with E-state index in [1.807, 2.05) is 12.2 Å². The standard InChI is InChI=1S/C25H36F2N4O5/c1-34-25(33)29-6-9-36-23(19-11-20(26)13-21(27)12-19)18-5-2-7-31(15-18)24(32)30-14-22(28)10-17-4-3-8-35-16-17/h2,5,11-13,17-18,22-23H,3-4,6-10,14-16,28H2,1H3,(H,29,33)(H,30,32)/t17-,18-,22+,23-/m1/s1. The average Bonchev–Trinajstić information content (AvgIpc) is 2.87. The molecule has 200 valence electrons. The van der Waals surface area contributed by atoms with Gasteiger partial charge in [0.05, 0.1) is 19.8 Å². The smallest absolute Gasteiger partial charge is 0.406 e. The Morgan fingerprint density at radius 2 is 2.03 bits per heavy atom. The lowest BCUT2D eigenvalue weighted by molar-refractivity contribution is 0.0166. The van der Waals surface area contributed by atoms with E-state index < -0.39 is 23.8 Å². The summed E-state index contributed by atoms with van der Waals surface area (Å²) in [7, 11) is 1.25. The molecular formula is C25H36F2N4O5. The van der Waals surface area contributed by atoms with Crippen molar-refractivity contribution in [2.75, 3.05) is 53.1 Å². The van der Waals surface area contributed by atoms with Gasteiger partial charge < -0.3 is 35.5 Å². The zero-order valence-corrected chi connectivity index (χ0v) is 20.6. The highest BCUT2D eigenvalue weighted by Gasteiger charge is 2.29. The maximum absolute atomic E-state index is 14.0. The molecule has 0 radical (unpaired) electrons. The van der Waals surface area contributed by atoms with E-state index in [0.717, 1.165) is 31.9 Å². The maximum Gasteiger partial charge on any atom is 0.406 e. The first kappa shape index (κ1) is 27.8. The van der Waals surface area contributed by atoms with Crippen molar-refractivity contribution in [3.8, 4) is 0 Å². The van der Waals surface area contributed by atoms with E-state index in [4.69, 9.17) is 15.2 Å². The second kappa shape index (κ2) is 14.1. The molecule has 3 amide bonds. The van der Waals surface area contributed by atoms with E-state index in [9.17, 15) is 18.4 Å². The summed E-state index contributed by atoms with van der Waals surface area (Å²) in [5.74, 6) is -1.40. The lowest BCUT2D eigenvalue weighted by Crippen LogP contribution is -2.48. The molecular weight excluding hydrogens is 474 g/mol. The fourth-order valence-electron chi connectivity index (χ4n) is 4.57. The van der Waals surface area contributed by atoms with Crippen molar-refractivity contribution >= 4 is 12.1 Å². The van der Waals surface area contributed by atoms with Crippen LogP contribution in [0.1, 0.15) is 30.9 Å². The summed E-state index contributed by atoms with van der Waals surface area (Å²) in [4.78, 5) is 25.8. The van der Waals surface area contributed by atoms with Gasteiger partial charge in [-0.15, -0.1) is 0 Å². The molecule has 2 aliphatic rings. The van der Waals surface area contributed by atoms with Gasteiger partial charge in [-0.05, 0) is 42.9 Å².